The summed E-state index contributed by atoms with van der Waals surface area (Å²) in [6.07, 6.45) is 7.44. The molecule has 1 saturated heterocycles. The summed E-state index contributed by atoms with van der Waals surface area (Å²) in [6, 6.07) is 12.8. The first-order valence-electron chi connectivity index (χ1n) is 11.9. The molecule has 1 aliphatic rings. The molecule has 0 unspecified atom stereocenters. The van der Waals surface area contributed by atoms with Crippen LogP contribution >= 0.6 is 23.2 Å². The van der Waals surface area contributed by atoms with Crippen molar-refractivity contribution in [1.82, 2.24) is 9.88 Å². The second kappa shape index (κ2) is 11.3. The van der Waals surface area contributed by atoms with Crippen LogP contribution in [0, 0.1) is 0 Å². The van der Waals surface area contributed by atoms with Crippen molar-refractivity contribution in [1.29, 1.82) is 0 Å². The van der Waals surface area contributed by atoms with Crippen LogP contribution in [-0.2, 0) is 10.0 Å². The number of nitrogens with zero attached hydrogens (tertiary/aromatic N) is 2. The number of carbonyl (C=O) groups excluding carboxylic acids is 1. The van der Waals surface area contributed by atoms with Gasteiger partial charge in [-0.1, -0.05) is 66.2 Å². The van der Waals surface area contributed by atoms with E-state index < -0.39 is 15.6 Å². The van der Waals surface area contributed by atoms with Crippen molar-refractivity contribution < 1.29 is 18.3 Å². The molecule has 0 saturated carbocycles. The molecule has 1 fully saturated rings. The van der Waals surface area contributed by atoms with Gasteiger partial charge in [-0.3, -0.25) is 14.5 Å². The van der Waals surface area contributed by atoms with Gasteiger partial charge < -0.3 is 10.0 Å². The molecule has 1 aliphatic heterocycles. The monoisotopic (exact) mass is 571 g/mol. The van der Waals surface area contributed by atoms with Crippen molar-refractivity contribution in [3.8, 4) is 0 Å². The van der Waals surface area contributed by atoms with E-state index >= 15 is 0 Å². The van der Waals surface area contributed by atoms with Gasteiger partial charge >= 0.3 is 0 Å². The van der Waals surface area contributed by atoms with E-state index in [1.54, 1.807) is 41.3 Å². The number of anilines is 1. The van der Waals surface area contributed by atoms with E-state index in [4.69, 9.17) is 23.2 Å². The van der Waals surface area contributed by atoms with Crippen molar-refractivity contribution >= 4 is 55.7 Å². The molecule has 4 rings (SSSR count). The molecule has 0 aliphatic carbocycles. The number of pyridine rings is 1. The van der Waals surface area contributed by atoms with Crippen LogP contribution in [0.25, 0.3) is 10.9 Å². The van der Waals surface area contributed by atoms with Crippen LogP contribution in [0.5, 0.6) is 0 Å². The number of aliphatic hydroxyl groups is 1. The molecular weight excluding hydrogens is 545 g/mol. The van der Waals surface area contributed by atoms with E-state index in [1.165, 1.54) is 30.5 Å². The van der Waals surface area contributed by atoms with Gasteiger partial charge in [0.05, 0.1) is 27.4 Å². The second-order valence-electron chi connectivity index (χ2n) is 8.97. The molecule has 0 spiro atoms. The lowest BCUT2D eigenvalue weighted by molar-refractivity contribution is 0.0128. The number of sulfonamides is 1. The number of hydrogen-bond acceptors (Lipinski definition) is 5. The number of piperidine rings is 1. The third kappa shape index (κ3) is 5.78. The highest BCUT2D eigenvalue weighted by Gasteiger charge is 2.38. The predicted molar refractivity (Wildman–Crippen MR) is 152 cm³/mol. The summed E-state index contributed by atoms with van der Waals surface area (Å²) in [5.41, 5.74) is 0.134. The number of allylic oxidation sites excluding steroid dienone is 3. The SMILES string of the molecule is C=C(Cl)/C(=C\C=C/C)C1(O)CCN(C(=O)c2ccc(NS(=O)(=O)c3cccc4cccnc34)cc2Cl)CC1. The molecule has 2 heterocycles. The number of hydrogen-bond donors (Lipinski definition) is 2. The molecule has 198 valence electrons. The van der Waals surface area contributed by atoms with Gasteiger partial charge in [-0.15, -0.1) is 0 Å². The zero-order valence-electron chi connectivity index (χ0n) is 20.7. The number of nitrogens with one attached hydrogen (secondary N) is 1. The van der Waals surface area contributed by atoms with Crippen LogP contribution in [0.1, 0.15) is 30.1 Å². The minimum absolute atomic E-state index is 0.0372. The summed E-state index contributed by atoms with van der Waals surface area (Å²) in [5.74, 6) is -0.312. The van der Waals surface area contributed by atoms with E-state index in [2.05, 4.69) is 16.3 Å². The topological polar surface area (TPSA) is 99.6 Å². The first-order valence-corrected chi connectivity index (χ1v) is 14.2. The normalized spacial score (nSPS) is 16.1. The van der Waals surface area contributed by atoms with Crippen molar-refractivity contribution in [2.24, 2.45) is 0 Å². The summed E-state index contributed by atoms with van der Waals surface area (Å²) < 4.78 is 28.7. The van der Waals surface area contributed by atoms with Gasteiger partial charge in [0.1, 0.15) is 4.90 Å². The summed E-state index contributed by atoms with van der Waals surface area (Å²) in [6.45, 7) is 6.19. The molecular formula is C28H27Cl2N3O4S. The van der Waals surface area contributed by atoms with Gasteiger partial charge in [0, 0.05) is 35.3 Å². The Morgan fingerprint density at radius 1 is 1.18 bits per heavy atom. The number of amides is 1. The largest absolute Gasteiger partial charge is 0.385 e. The average molecular weight is 573 g/mol. The smallest absolute Gasteiger partial charge is 0.264 e. The maximum absolute atomic E-state index is 13.2. The average Bonchev–Trinajstić information content (AvgIpc) is 2.88. The number of halogens is 2. The molecule has 2 aromatic carbocycles. The van der Waals surface area contributed by atoms with E-state index in [0.717, 1.165) is 0 Å². The predicted octanol–water partition coefficient (Wildman–Crippen LogP) is 5.91. The molecule has 1 amide bonds. The first-order chi connectivity index (χ1) is 18.1. The maximum atomic E-state index is 13.2. The van der Waals surface area contributed by atoms with Crippen molar-refractivity contribution in [3.63, 3.8) is 0 Å². The first kappa shape index (κ1) is 27.9. The number of benzene rings is 2. The van der Waals surface area contributed by atoms with E-state index in [0.29, 0.717) is 16.5 Å². The van der Waals surface area contributed by atoms with Crippen LogP contribution in [0.2, 0.25) is 5.02 Å². The van der Waals surface area contributed by atoms with Crippen LogP contribution in [0.4, 0.5) is 5.69 Å². The minimum Gasteiger partial charge on any atom is -0.385 e. The number of carbonyl (C=O) groups is 1. The van der Waals surface area contributed by atoms with Gasteiger partial charge in [0.2, 0.25) is 0 Å². The second-order valence-corrected chi connectivity index (χ2v) is 11.5. The van der Waals surface area contributed by atoms with Crippen molar-refractivity contribution in [2.75, 3.05) is 17.8 Å². The Labute approximate surface area is 232 Å². The Morgan fingerprint density at radius 3 is 2.55 bits per heavy atom. The van der Waals surface area contributed by atoms with Gasteiger partial charge in [-0.2, -0.15) is 0 Å². The lowest BCUT2D eigenvalue weighted by Crippen LogP contribution is -2.47. The molecule has 10 heteroatoms. The lowest BCUT2D eigenvalue weighted by atomic mass is 9.83. The highest BCUT2D eigenvalue weighted by molar-refractivity contribution is 7.93. The van der Waals surface area contributed by atoms with Crippen molar-refractivity contribution in [2.45, 2.75) is 30.3 Å². The third-order valence-electron chi connectivity index (χ3n) is 6.46. The molecule has 38 heavy (non-hydrogen) atoms. The fourth-order valence-electron chi connectivity index (χ4n) is 4.47. The van der Waals surface area contributed by atoms with Gasteiger partial charge in [-0.25, -0.2) is 8.42 Å². The molecule has 3 aromatic rings. The van der Waals surface area contributed by atoms with Gasteiger partial charge in [0.25, 0.3) is 15.9 Å². The standard InChI is InChI=1S/C28H27Cl2N3O4S/c1-3-4-9-23(19(2)29)28(35)13-16-33(17-14-28)27(34)22-12-11-21(18-24(22)30)32-38(36,37)25-10-5-7-20-8-6-15-31-26(20)25/h3-12,15,18,32,35H,2,13-14,16-17H2,1H3/b4-3-,23-9+. The number of likely N-dealkylation sites (tertiary alicyclic amines) is 1. The third-order valence-corrected chi connectivity index (χ3v) is 8.39. The van der Waals surface area contributed by atoms with Gasteiger partial charge in [0.15, 0.2) is 0 Å². The Bertz CT molecular complexity index is 1550. The summed E-state index contributed by atoms with van der Waals surface area (Å²) in [7, 11) is -3.97. The van der Waals surface area contributed by atoms with Crippen molar-refractivity contribution in [3.05, 3.63) is 101 Å². The zero-order valence-corrected chi connectivity index (χ0v) is 23.0. The van der Waals surface area contributed by atoms with Gasteiger partial charge in [-0.05, 0) is 50.1 Å². The Balaban J connectivity index is 1.50. The molecule has 0 bridgehead atoms. The van der Waals surface area contributed by atoms with Crippen LogP contribution < -0.4 is 4.72 Å². The fraction of sp³-hybridized carbons (Fsp3) is 0.214. The molecule has 7 nitrogen and oxygen atoms in total. The molecule has 2 N–H and O–H groups in total. The number of fused-ring (bicyclic) bond motifs is 1. The lowest BCUT2D eigenvalue weighted by Gasteiger charge is -2.39. The maximum Gasteiger partial charge on any atom is 0.264 e. The van der Waals surface area contributed by atoms with E-state index in [-0.39, 0.29) is 58.0 Å². The minimum atomic E-state index is -3.97. The number of rotatable bonds is 7. The number of para-hydroxylation sites is 1. The molecule has 0 radical (unpaired) electrons. The van der Waals surface area contributed by atoms with Crippen LogP contribution in [0.15, 0.2) is 95.0 Å². The van der Waals surface area contributed by atoms with Crippen LogP contribution in [0.3, 0.4) is 0 Å². The quantitative estimate of drug-likeness (QED) is 0.343. The zero-order chi connectivity index (χ0) is 27.5. The molecule has 0 atom stereocenters. The van der Waals surface area contributed by atoms with E-state index in [1.807, 2.05) is 13.0 Å². The Hall–Kier alpha value is -3.17. The molecule has 1 aromatic heterocycles. The Morgan fingerprint density at radius 2 is 1.89 bits per heavy atom. The van der Waals surface area contributed by atoms with E-state index in [9.17, 15) is 18.3 Å². The fourth-order valence-corrected chi connectivity index (χ4v) is 6.20. The summed E-state index contributed by atoms with van der Waals surface area (Å²) >= 11 is 12.6. The Kier molecular flexibility index (Phi) is 8.28. The highest BCUT2D eigenvalue weighted by atomic mass is 35.5. The highest BCUT2D eigenvalue weighted by Crippen LogP contribution is 2.36. The summed E-state index contributed by atoms with van der Waals surface area (Å²) in [4.78, 5) is 19.1. The van der Waals surface area contributed by atoms with Crippen LogP contribution in [-0.4, -0.2) is 48.0 Å². The summed E-state index contributed by atoms with van der Waals surface area (Å²) in [5, 5.41) is 12.2. The number of aromatic nitrogens is 1.